The highest BCUT2D eigenvalue weighted by Gasteiger charge is 2.31. The Balaban J connectivity index is 2.57. The van der Waals surface area contributed by atoms with Crippen molar-refractivity contribution in [1.82, 2.24) is 0 Å². The lowest BCUT2D eigenvalue weighted by molar-refractivity contribution is 0.0897. The summed E-state index contributed by atoms with van der Waals surface area (Å²) in [6.07, 6.45) is 0. The summed E-state index contributed by atoms with van der Waals surface area (Å²) < 4.78 is 10.4. The molecule has 0 aliphatic heterocycles. The molecule has 6 heteroatoms. The highest BCUT2D eigenvalue weighted by molar-refractivity contribution is 6.32. The Labute approximate surface area is 139 Å². The molecule has 0 aromatic heterocycles. The molecule has 2 rings (SSSR count). The molecule has 2 aromatic rings. The van der Waals surface area contributed by atoms with Crippen LogP contribution >= 0.6 is 23.2 Å². The molecule has 0 aliphatic carbocycles. The van der Waals surface area contributed by atoms with Crippen molar-refractivity contribution in [2.24, 2.45) is 5.73 Å². The van der Waals surface area contributed by atoms with Gasteiger partial charge >= 0.3 is 0 Å². The molecule has 0 amide bonds. The molecule has 0 heterocycles. The van der Waals surface area contributed by atoms with Crippen LogP contribution in [0.2, 0.25) is 10.0 Å². The molecule has 0 atom stereocenters. The Hall–Kier alpha value is -1.46. The van der Waals surface area contributed by atoms with E-state index in [2.05, 4.69) is 0 Å². The van der Waals surface area contributed by atoms with Crippen LogP contribution in [0.15, 0.2) is 36.4 Å². The Morgan fingerprint density at radius 1 is 0.955 bits per heavy atom. The van der Waals surface area contributed by atoms with Gasteiger partial charge in [-0.3, -0.25) is 0 Å². The van der Waals surface area contributed by atoms with Gasteiger partial charge in [0.2, 0.25) is 0 Å². The van der Waals surface area contributed by atoms with Crippen LogP contribution in [0.3, 0.4) is 0 Å². The summed E-state index contributed by atoms with van der Waals surface area (Å²) in [5, 5.41) is 12.0. The van der Waals surface area contributed by atoms with Crippen molar-refractivity contribution in [3.05, 3.63) is 57.6 Å². The quantitative estimate of drug-likeness (QED) is 0.876. The average Bonchev–Trinajstić information content (AvgIpc) is 2.55. The van der Waals surface area contributed by atoms with Crippen molar-refractivity contribution in [3.8, 4) is 11.5 Å². The van der Waals surface area contributed by atoms with Gasteiger partial charge in [-0.15, -0.1) is 0 Å². The number of hydrogen-bond acceptors (Lipinski definition) is 4. The number of aliphatic hydroxyl groups is 1. The summed E-state index contributed by atoms with van der Waals surface area (Å²) in [5.74, 6) is 0.930. The number of benzene rings is 2. The number of nitrogens with two attached hydrogens (primary N) is 1. The normalized spacial score (nSPS) is 11.4. The summed E-state index contributed by atoms with van der Waals surface area (Å²) >= 11 is 12.1. The molecular weight excluding hydrogens is 325 g/mol. The molecule has 3 N–H and O–H groups in total. The van der Waals surface area contributed by atoms with Crippen molar-refractivity contribution in [1.29, 1.82) is 0 Å². The van der Waals surface area contributed by atoms with Crippen molar-refractivity contribution in [2.45, 2.75) is 5.60 Å². The van der Waals surface area contributed by atoms with Crippen LogP contribution in [0, 0.1) is 0 Å². The first-order valence-corrected chi connectivity index (χ1v) is 7.32. The van der Waals surface area contributed by atoms with Gasteiger partial charge in [-0.05, 0) is 35.4 Å². The molecule has 0 unspecified atom stereocenters. The van der Waals surface area contributed by atoms with Gasteiger partial charge in [0.25, 0.3) is 0 Å². The van der Waals surface area contributed by atoms with Gasteiger partial charge < -0.3 is 20.3 Å². The smallest absolute Gasteiger partial charge is 0.137 e. The van der Waals surface area contributed by atoms with Crippen LogP contribution < -0.4 is 15.2 Å². The summed E-state index contributed by atoms with van der Waals surface area (Å²) in [4.78, 5) is 0. The molecule has 4 nitrogen and oxygen atoms in total. The van der Waals surface area contributed by atoms with E-state index in [1.54, 1.807) is 36.4 Å². The monoisotopic (exact) mass is 341 g/mol. The molecule has 118 valence electrons. The standard InChI is InChI=1S/C16H17Cl2NO3/c1-21-14-7-10(3-5-12(14)17)16(20,9-19)11-4-6-13(18)15(8-11)22-2/h3-8,20H,9,19H2,1-2H3. The van der Waals surface area contributed by atoms with Crippen LogP contribution in [0.1, 0.15) is 11.1 Å². The highest BCUT2D eigenvalue weighted by atomic mass is 35.5. The first-order valence-electron chi connectivity index (χ1n) is 6.56. The Bertz CT molecular complexity index is 623. The van der Waals surface area contributed by atoms with Gasteiger partial charge in [-0.2, -0.15) is 0 Å². The molecule has 0 aliphatic rings. The number of hydrogen-bond donors (Lipinski definition) is 2. The minimum Gasteiger partial charge on any atom is -0.495 e. The van der Waals surface area contributed by atoms with Crippen molar-refractivity contribution in [2.75, 3.05) is 20.8 Å². The van der Waals surface area contributed by atoms with Gasteiger partial charge in [-0.1, -0.05) is 35.3 Å². The average molecular weight is 342 g/mol. The maximum Gasteiger partial charge on any atom is 0.137 e. The second-order valence-corrected chi connectivity index (χ2v) is 5.58. The number of rotatable bonds is 5. The van der Waals surface area contributed by atoms with Gasteiger partial charge in [0.1, 0.15) is 17.1 Å². The SMILES string of the molecule is COc1cc(C(O)(CN)c2ccc(Cl)c(OC)c2)ccc1Cl. The third-order valence-corrected chi connectivity index (χ3v) is 4.18. The van der Waals surface area contributed by atoms with Crippen LogP contribution in [0.5, 0.6) is 11.5 Å². The lowest BCUT2D eigenvalue weighted by Gasteiger charge is -2.28. The fraction of sp³-hybridized carbons (Fsp3) is 0.250. The number of methoxy groups -OCH3 is 2. The van der Waals surface area contributed by atoms with E-state index >= 15 is 0 Å². The zero-order valence-corrected chi connectivity index (χ0v) is 13.8. The van der Waals surface area contributed by atoms with E-state index in [1.165, 1.54) is 14.2 Å². The second kappa shape index (κ2) is 6.75. The van der Waals surface area contributed by atoms with E-state index in [4.69, 9.17) is 38.4 Å². The zero-order chi connectivity index (χ0) is 16.3. The minimum atomic E-state index is -1.41. The van der Waals surface area contributed by atoms with Gasteiger partial charge in [0, 0.05) is 6.54 Å². The van der Waals surface area contributed by atoms with E-state index in [1.807, 2.05) is 0 Å². The third kappa shape index (κ3) is 3.01. The summed E-state index contributed by atoms with van der Waals surface area (Å²) in [6.45, 7) is -0.0252. The molecule has 0 radical (unpaired) electrons. The van der Waals surface area contributed by atoms with Crippen LogP contribution in [0.4, 0.5) is 0 Å². The Morgan fingerprint density at radius 2 is 1.36 bits per heavy atom. The molecule has 2 aromatic carbocycles. The van der Waals surface area contributed by atoms with E-state index < -0.39 is 5.60 Å². The van der Waals surface area contributed by atoms with Crippen molar-refractivity contribution < 1.29 is 14.6 Å². The zero-order valence-electron chi connectivity index (χ0n) is 12.3. The van der Waals surface area contributed by atoms with Crippen molar-refractivity contribution >= 4 is 23.2 Å². The topological polar surface area (TPSA) is 64.7 Å². The van der Waals surface area contributed by atoms with Gasteiger partial charge in [-0.25, -0.2) is 0 Å². The summed E-state index contributed by atoms with van der Waals surface area (Å²) in [6, 6.07) is 10.1. The molecule has 0 spiro atoms. The van der Waals surface area contributed by atoms with E-state index in [0.717, 1.165) is 0 Å². The molecular formula is C16H17Cl2NO3. The fourth-order valence-electron chi connectivity index (χ4n) is 2.24. The molecule has 0 bridgehead atoms. The molecule has 0 saturated carbocycles. The maximum absolute atomic E-state index is 11.1. The number of ether oxygens (including phenoxy) is 2. The Morgan fingerprint density at radius 3 is 1.68 bits per heavy atom. The largest absolute Gasteiger partial charge is 0.495 e. The molecule has 0 fully saturated rings. The fourth-order valence-corrected chi connectivity index (χ4v) is 2.63. The third-order valence-electron chi connectivity index (χ3n) is 3.55. The highest BCUT2D eigenvalue weighted by Crippen LogP contribution is 2.37. The van der Waals surface area contributed by atoms with E-state index in [0.29, 0.717) is 32.7 Å². The second-order valence-electron chi connectivity index (χ2n) is 4.76. The first kappa shape index (κ1) is 16.9. The lowest BCUT2D eigenvalue weighted by atomic mass is 9.86. The van der Waals surface area contributed by atoms with Gasteiger partial charge in [0.15, 0.2) is 0 Å². The van der Waals surface area contributed by atoms with Crippen molar-refractivity contribution in [3.63, 3.8) is 0 Å². The minimum absolute atomic E-state index is 0.0252. The van der Waals surface area contributed by atoms with Crippen LogP contribution in [-0.4, -0.2) is 25.9 Å². The predicted molar refractivity (Wildman–Crippen MR) is 88.1 cm³/mol. The lowest BCUT2D eigenvalue weighted by Crippen LogP contribution is -2.36. The number of halogens is 2. The Kier molecular flexibility index (Phi) is 5.19. The first-order chi connectivity index (χ1) is 10.5. The van der Waals surface area contributed by atoms with E-state index in [-0.39, 0.29) is 6.54 Å². The van der Waals surface area contributed by atoms with Crippen LogP contribution in [-0.2, 0) is 5.60 Å². The molecule has 0 saturated heterocycles. The van der Waals surface area contributed by atoms with Crippen LogP contribution in [0.25, 0.3) is 0 Å². The maximum atomic E-state index is 11.1. The molecule has 22 heavy (non-hydrogen) atoms. The van der Waals surface area contributed by atoms with Gasteiger partial charge in [0.05, 0.1) is 24.3 Å². The summed E-state index contributed by atoms with van der Waals surface area (Å²) in [5.41, 5.74) is 5.57. The van der Waals surface area contributed by atoms with E-state index in [9.17, 15) is 5.11 Å². The predicted octanol–water partition coefficient (Wildman–Crippen LogP) is 3.21. The summed E-state index contributed by atoms with van der Waals surface area (Å²) in [7, 11) is 3.02.